The Hall–Kier alpha value is -3.68. The summed E-state index contributed by atoms with van der Waals surface area (Å²) in [5.41, 5.74) is 1.57. The van der Waals surface area contributed by atoms with Crippen molar-refractivity contribution in [1.82, 2.24) is 25.4 Å². The standard InChI is InChI=1S/C21H24N6O2/c1-21(2,3)26-19(28)16-6-4-7-17(13-16)25-20(29)23-14-15-8-10-22-18(12-15)27-11-5-9-24-27/h4-13H,14H2,1-3H3,(H,26,28)(H2,23,25,29). The summed E-state index contributed by atoms with van der Waals surface area (Å²) in [5.74, 6) is 0.483. The molecule has 0 bridgehead atoms. The highest BCUT2D eigenvalue weighted by Gasteiger charge is 2.15. The number of benzene rings is 1. The number of nitrogens with one attached hydrogen (secondary N) is 3. The van der Waals surface area contributed by atoms with Crippen LogP contribution >= 0.6 is 0 Å². The minimum absolute atomic E-state index is 0.190. The van der Waals surface area contributed by atoms with Gasteiger partial charge in [-0.15, -0.1) is 0 Å². The van der Waals surface area contributed by atoms with Crippen molar-refractivity contribution in [2.24, 2.45) is 0 Å². The third-order valence-corrected chi connectivity index (χ3v) is 3.87. The van der Waals surface area contributed by atoms with Gasteiger partial charge >= 0.3 is 6.03 Å². The van der Waals surface area contributed by atoms with Crippen molar-refractivity contribution in [1.29, 1.82) is 0 Å². The molecule has 0 aliphatic heterocycles. The van der Waals surface area contributed by atoms with Crippen molar-refractivity contribution in [3.8, 4) is 5.82 Å². The Morgan fingerprint density at radius 1 is 1.07 bits per heavy atom. The maximum absolute atomic E-state index is 12.3. The highest BCUT2D eigenvalue weighted by atomic mass is 16.2. The van der Waals surface area contributed by atoms with Crippen LogP contribution in [0.25, 0.3) is 5.82 Å². The molecule has 0 unspecified atom stereocenters. The summed E-state index contributed by atoms with van der Waals surface area (Å²) in [7, 11) is 0. The quantitative estimate of drug-likeness (QED) is 0.621. The molecule has 3 aromatic rings. The van der Waals surface area contributed by atoms with Crippen LogP contribution < -0.4 is 16.0 Å². The van der Waals surface area contributed by atoms with Crippen LogP contribution in [0.3, 0.4) is 0 Å². The second-order valence-electron chi connectivity index (χ2n) is 7.57. The first-order valence-electron chi connectivity index (χ1n) is 9.22. The number of hydrogen-bond donors (Lipinski definition) is 3. The highest BCUT2D eigenvalue weighted by Crippen LogP contribution is 2.12. The lowest BCUT2D eigenvalue weighted by Crippen LogP contribution is -2.40. The van der Waals surface area contributed by atoms with Gasteiger partial charge in [0.2, 0.25) is 0 Å². The van der Waals surface area contributed by atoms with Gasteiger partial charge in [0.1, 0.15) is 0 Å². The smallest absolute Gasteiger partial charge is 0.319 e. The molecular formula is C21H24N6O2. The van der Waals surface area contributed by atoms with Crippen LogP contribution in [0.15, 0.2) is 61.1 Å². The van der Waals surface area contributed by atoms with Crippen LogP contribution in [-0.4, -0.2) is 32.2 Å². The average Bonchev–Trinajstić information content (AvgIpc) is 3.20. The van der Waals surface area contributed by atoms with E-state index in [0.717, 1.165) is 5.56 Å². The predicted octanol–water partition coefficient (Wildman–Crippen LogP) is 3.12. The summed E-state index contributed by atoms with van der Waals surface area (Å²) < 4.78 is 1.65. The summed E-state index contributed by atoms with van der Waals surface area (Å²) in [6.45, 7) is 6.07. The fraction of sp³-hybridized carbons (Fsp3) is 0.238. The number of carbonyl (C=O) groups is 2. The van der Waals surface area contributed by atoms with E-state index in [0.29, 0.717) is 23.6 Å². The molecule has 3 amide bonds. The van der Waals surface area contributed by atoms with E-state index in [-0.39, 0.29) is 17.5 Å². The van der Waals surface area contributed by atoms with Gasteiger partial charge in [0.15, 0.2) is 5.82 Å². The fourth-order valence-electron chi connectivity index (χ4n) is 2.61. The van der Waals surface area contributed by atoms with E-state index in [1.165, 1.54) is 0 Å². The zero-order valence-corrected chi connectivity index (χ0v) is 16.6. The van der Waals surface area contributed by atoms with Crippen molar-refractivity contribution in [2.75, 3.05) is 5.32 Å². The summed E-state index contributed by atoms with van der Waals surface area (Å²) in [5, 5.41) is 12.6. The van der Waals surface area contributed by atoms with Gasteiger partial charge in [-0.2, -0.15) is 5.10 Å². The molecule has 0 fully saturated rings. The molecular weight excluding hydrogens is 368 g/mol. The third kappa shape index (κ3) is 5.90. The predicted molar refractivity (Wildman–Crippen MR) is 111 cm³/mol. The summed E-state index contributed by atoms with van der Waals surface area (Å²) >= 11 is 0. The molecule has 1 aromatic carbocycles. The summed E-state index contributed by atoms with van der Waals surface area (Å²) in [6.07, 6.45) is 5.15. The Bertz CT molecular complexity index is 992. The van der Waals surface area contributed by atoms with E-state index in [1.807, 2.05) is 39.0 Å². The first-order chi connectivity index (χ1) is 13.8. The zero-order valence-electron chi connectivity index (χ0n) is 16.6. The molecule has 0 spiro atoms. The van der Waals surface area contributed by atoms with Gasteiger partial charge in [-0.25, -0.2) is 14.5 Å². The molecule has 150 valence electrons. The molecule has 0 saturated carbocycles. The molecule has 8 nitrogen and oxygen atoms in total. The third-order valence-electron chi connectivity index (χ3n) is 3.87. The molecule has 3 N–H and O–H groups in total. The molecule has 0 aliphatic rings. The minimum atomic E-state index is -0.365. The number of aromatic nitrogens is 3. The average molecular weight is 392 g/mol. The molecule has 2 heterocycles. The second-order valence-corrected chi connectivity index (χ2v) is 7.57. The number of urea groups is 1. The molecule has 29 heavy (non-hydrogen) atoms. The van der Waals surface area contributed by atoms with Crippen molar-refractivity contribution < 1.29 is 9.59 Å². The number of pyridine rings is 1. The topological polar surface area (TPSA) is 101 Å². The van der Waals surface area contributed by atoms with E-state index >= 15 is 0 Å². The van der Waals surface area contributed by atoms with E-state index in [4.69, 9.17) is 0 Å². The van der Waals surface area contributed by atoms with Gasteiger partial charge in [0.05, 0.1) is 0 Å². The van der Waals surface area contributed by atoms with Crippen molar-refractivity contribution >= 4 is 17.6 Å². The molecule has 8 heteroatoms. The lowest BCUT2D eigenvalue weighted by Gasteiger charge is -2.20. The molecule has 0 aliphatic carbocycles. The Morgan fingerprint density at radius 3 is 2.62 bits per heavy atom. The number of nitrogens with zero attached hydrogens (tertiary/aromatic N) is 3. The molecule has 0 radical (unpaired) electrons. The lowest BCUT2D eigenvalue weighted by atomic mass is 10.1. The maximum atomic E-state index is 12.3. The molecule has 3 rings (SSSR count). The normalized spacial score (nSPS) is 11.0. The zero-order chi connectivity index (χ0) is 20.9. The second kappa shape index (κ2) is 8.55. The Morgan fingerprint density at radius 2 is 1.90 bits per heavy atom. The van der Waals surface area contributed by atoms with Crippen LogP contribution in [0.1, 0.15) is 36.7 Å². The molecule has 2 aromatic heterocycles. The van der Waals surface area contributed by atoms with Gasteiger partial charge in [-0.3, -0.25) is 4.79 Å². The molecule has 0 atom stereocenters. The van der Waals surface area contributed by atoms with Gasteiger partial charge in [-0.05, 0) is 62.7 Å². The number of amides is 3. The van der Waals surface area contributed by atoms with Gasteiger partial charge in [-0.1, -0.05) is 6.07 Å². The van der Waals surface area contributed by atoms with Crippen LogP contribution in [0.5, 0.6) is 0 Å². The fourth-order valence-corrected chi connectivity index (χ4v) is 2.61. The Labute approximate surface area is 169 Å². The van der Waals surface area contributed by atoms with Gasteiger partial charge in [0.25, 0.3) is 5.91 Å². The van der Waals surface area contributed by atoms with Crippen LogP contribution in [-0.2, 0) is 6.54 Å². The number of hydrogen-bond acceptors (Lipinski definition) is 4. The highest BCUT2D eigenvalue weighted by molar-refractivity contribution is 5.97. The van der Waals surface area contributed by atoms with Crippen LogP contribution in [0.4, 0.5) is 10.5 Å². The van der Waals surface area contributed by atoms with Gasteiger partial charge in [0, 0.05) is 41.9 Å². The SMILES string of the molecule is CC(C)(C)NC(=O)c1cccc(NC(=O)NCc2ccnc(-n3cccn3)c2)c1. The van der Waals surface area contributed by atoms with E-state index in [1.54, 1.807) is 47.5 Å². The van der Waals surface area contributed by atoms with Crippen LogP contribution in [0.2, 0.25) is 0 Å². The van der Waals surface area contributed by atoms with Crippen molar-refractivity contribution in [2.45, 2.75) is 32.9 Å². The van der Waals surface area contributed by atoms with Crippen LogP contribution in [0, 0.1) is 0 Å². The van der Waals surface area contributed by atoms with E-state index < -0.39 is 0 Å². The summed E-state index contributed by atoms with van der Waals surface area (Å²) in [4.78, 5) is 28.8. The Balaban J connectivity index is 1.58. The molecule has 0 saturated heterocycles. The number of carbonyl (C=O) groups excluding carboxylic acids is 2. The lowest BCUT2D eigenvalue weighted by molar-refractivity contribution is 0.0919. The first kappa shape index (κ1) is 20.1. The van der Waals surface area contributed by atoms with E-state index in [2.05, 4.69) is 26.0 Å². The minimum Gasteiger partial charge on any atom is -0.347 e. The first-order valence-corrected chi connectivity index (χ1v) is 9.22. The number of anilines is 1. The largest absolute Gasteiger partial charge is 0.347 e. The van der Waals surface area contributed by atoms with Crippen molar-refractivity contribution in [3.05, 3.63) is 72.2 Å². The monoisotopic (exact) mass is 392 g/mol. The maximum Gasteiger partial charge on any atom is 0.319 e. The summed E-state index contributed by atoms with van der Waals surface area (Å²) in [6, 6.07) is 11.9. The van der Waals surface area contributed by atoms with E-state index in [9.17, 15) is 9.59 Å². The Kier molecular flexibility index (Phi) is 5.92. The van der Waals surface area contributed by atoms with Gasteiger partial charge < -0.3 is 16.0 Å². The van der Waals surface area contributed by atoms with Crippen molar-refractivity contribution in [3.63, 3.8) is 0 Å². The number of rotatable bonds is 5.